The number of ether oxygens (including phenoxy) is 1. The van der Waals surface area contributed by atoms with E-state index in [4.69, 9.17) is 9.84 Å². The minimum absolute atomic E-state index is 0.00307. The summed E-state index contributed by atoms with van der Waals surface area (Å²) in [5, 5.41) is 11.3. The predicted octanol–water partition coefficient (Wildman–Crippen LogP) is 1.33. The van der Waals surface area contributed by atoms with E-state index in [0.29, 0.717) is 12.8 Å². The van der Waals surface area contributed by atoms with Crippen molar-refractivity contribution in [2.24, 2.45) is 0 Å². The number of carbonyl (C=O) groups is 2. The first-order valence-electron chi connectivity index (χ1n) is 6.09. The van der Waals surface area contributed by atoms with E-state index in [1.807, 2.05) is 0 Å². The van der Waals surface area contributed by atoms with Gasteiger partial charge in [-0.15, -0.1) is 0 Å². The lowest BCUT2D eigenvalue weighted by atomic mass is 10.1. The Hall–Kier alpha value is -2.02. The second-order valence-electron chi connectivity index (χ2n) is 4.50. The van der Waals surface area contributed by atoms with Gasteiger partial charge in [-0.05, 0) is 31.0 Å². The van der Waals surface area contributed by atoms with Crippen LogP contribution in [-0.2, 0) is 9.53 Å². The van der Waals surface area contributed by atoms with E-state index in [-0.39, 0.29) is 18.2 Å². The van der Waals surface area contributed by atoms with Gasteiger partial charge >= 0.3 is 5.97 Å². The highest BCUT2D eigenvalue weighted by atomic mass is 19.2. The molecule has 0 spiro atoms. The lowest BCUT2D eigenvalue weighted by molar-refractivity contribution is -0.149. The highest BCUT2D eigenvalue weighted by Gasteiger charge is 2.30. The molecule has 1 fully saturated rings. The molecule has 0 saturated carbocycles. The van der Waals surface area contributed by atoms with Crippen molar-refractivity contribution in [1.82, 2.24) is 5.32 Å². The van der Waals surface area contributed by atoms with Crippen molar-refractivity contribution in [3.05, 3.63) is 35.4 Å². The summed E-state index contributed by atoms with van der Waals surface area (Å²) >= 11 is 0. The van der Waals surface area contributed by atoms with Crippen LogP contribution in [0.3, 0.4) is 0 Å². The van der Waals surface area contributed by atoms with Crippen molar-refractivity contribution in [3.63, 3.8) is 0 Å². The molecule has 1 amide bonds. The molecular weight excluding hydrogens is 272 g/mol. The molecule has 0 aromatic heterocycles. The Balaban J connectivity index is 1.86. The van der Waals surface area contributed by atoms with Crippen LogP contribution in [0.2, 0.25) is 0 Å². The Morgan fingerprint density at radius 1 is 1.30 bits per heavy atom. The third-order valence-corrected chi connectivity index (χ3v) is 3.06. The molecule has 1 aliphatic rings. The van der Waals surface area contributed by atoms with Gasteiger partial charge in [-0.1, -0.05) is 0 Å². The molecule has 2 atom stereocenters. The molecule has 0 bridgehead atoms. The highest BCUT2D eigenvalue weighted by molar-refractivity contribution is 5.94. The van der Waals surface area contributed by atoms with Crippen LogP contribution in [0.25, 0.3) is 0 Å². The number of hydrogen-bond donors (Lipinski definition) is 2. The third kappa shape index (κ3) is 3.30. The molecule has 2 rings (SSSR count). The molecule has 2 unspecified atom stereocenters. The fraction of sp³-hybridized carbons (Fsp3) is 0.385. The van der Waals surface area contributed by atoms with Crippen LogP contribution in [0, 0.1) is 11.6 Å². The predicted molar refractivity (Wildman–Crippen MR) is 64.2 cm³/mol. The topological polar surface area (TPSA) is 75.6 Å². The molecule has 0 aliphatic carbocycles. The summed E-state index contributed by atoms with van der Waals surface area (Å²) < 4.78 is 30.9. The summed E-state index contributed by atoms with van der Waals surface area (Å²) in [6, 6.07) is 2.85. The van der Waals surface area contributed by atoms with Crippen molar-refractivity contribution < 1.29 is 28.2 Å². The summed E-state index contributed by atoms with van der Waals surface area (Å²) in [7, 11) is 0. The maximum Gasteiger partial charge on any atom is 0.332 e. The van der Waals surface area contributed by atoms with Gasteiger partial charge in [-0.3, -0.25) is 4.79 Å². The first kappa shape index (κ1) is 14.4. The molecule has 5 nitrogen and oxygen atoms in total. The van der Waals surface area contributed by atoms with Gasteiger partial charge in [0.25, 0.3) is 5.91 Å². The van der Waals surface area contributed by atoms with Gasteiger partial charge < -0.3 is 15.2 Å². The molecule has 108 valence electrons. The van der Waals surface area contributed by atoms with Gasteiger partial charge in [-0.25, -0.2) is 13.6 Å². The van der Waals surface area contributed by atoms with Crippen LogP contribution in [0.15, 0.2) is 18.2 Å². The molecule has 0 radical (unpaired) electrons. The molecule has 1 aliphatic heterocycles. The minimum atomic E-state index is -1.10. The fourth-order valence-electron chi connectivity index (χ4n) is 1.98. The number of hydrogen-bond acceptors (Lipinski definition) is 3. The van der Waals surface area contributed by atoms with E-state index in [1.165, 1.54) is 6.07 Å². The van der Waals surface area contributed by atoms with E-state index >= 15 is 0 Å². The van der Waals surface area contributed by atoms with Crippen molar-refractivity contribution >= 4 is 11.9 Å². The molecular formula is C13H13F2NO4. The smallest absolute Gasteiger partial charge is 0.332 e. The zero-order valence-corrected chi connectivity index (χ0v) is 10.4. The Kier molecular flexibility index (Phi) is 4.29. The number of rotatable bonds is 4. The Morgan fingerprint density at radius 3 is 2.65 bits per heavy atom. The normalized spacial score (nSPS) is 21.7. The first-order valence-corrected chi connectivity index (χ1v) is 6.09. The second kappa shape index (κ2) is 5.96. The van der Waals surface area contributed by atoms with Crippen LogP contribution in [0.5, 0.6) is 0 Å². The molecule has 1 heterocycles. The third-order valence-electron chi connectivity index (χ3n) is 3.06. The molecule has 1 aromatic rings. The van der Waals surface area contributed by atoms with Crippen LogP contribution >= 0.6 is 0 Å². The van der Waals surface area contributed by atoms with Gasteiger partial charge in [0.15, 0.2) is 17.7 Å². The first-order chi connectivity index (χ1) is 9.47. The number of amides is 1. The number of carboxylic acid groups (broad SMARTS) is 1. The van der Waals surface area contributed by atoms with Crippen LogP contribution in [-0.4, -0.2) is 35.7 Å². The largest absolute Gasteiger partial charge is 0.479 e. The number of aliphatic carboxylic acids is 1. The Bertz CT molecular complexity index is 535. The number of nitrogens with one attached hydrogen (secondary N) is 1. The lowest BCUT2D eigenvalue weighted by Gasteiger charge is -2.12. The van der Waals surface area contributed by atoms with Crippen molar-refractivity contribution in [2.75, 3.05) is 6.54 Å². The second-order valence-corrected chi connectivity index (χ2v) is 4.50. The number of carbonyl (C=O) groups excluding carboxylic acids is 1. The van der Waals surface area contributed by atoms with Crippen LogP contribution in [0.1, 0.15) is 23.2 Å². The monoisotopic (exact) mass is 285 g/mol. The summed E-state index contributed by atoms with van der Waals surface area (Å²) in [5.41, 5.74) is -0.00307. The zero-order valence-electron chi connectivity index (χ0n) is 10.4. The van der Waals surface area contributed by atoms with Crippen LogP contribution in [0.4, 0.5) is 8.78 Å². The highest BCUT2D eigenvalue weighted by Crippen LogP contribution is 2.19. The van der Waals surface area contributed by atoms with Gasteiger partial charge in [0.2, 0.25) is 0 Å². The van der Waals surface area contributed by atoms with E-state index in [0.717, 1.165) is 12.1 Å². The van der Waals surface area contributed by atoms with E-state index in [1.54, 1.807) is 0 Å². The maximum atomic E-state index is 13.0. The van der Waals surface area contributed by atoms with Crippen molar-refractivity contribution in [3.8, 4) is 0 Å². The van der Waals surface area contributed by atoms with E-state index in [9.17, 15) is 18.4 Å². The maximum absolute atomic E-state index is 13.0. The Morgan fingerprint density at radius 2 is 2.05 bits per heavy atom. The molecule has 7 heteroatoms. The minimum Gasteiger partial charge on any atom is -0.479 e. The van der Waals surface area contributed by atoms with Gasteiger partial charge in [0.05, 0.1) is 6.10 Å². The summed E-state index contributed by atoms with van der Waals surface area (Å²) in [6.45, 7) is 0.127. The van der Waals surface area contributed by atoms with Gasteiger partial charge in [0.1, 0.15) is 0 Å². The molecule has 1 saturated heterocycles. The van der Waals surface area contributed by atoms with Gasteiger partial charge in [0, 0.05) is 12.1 Å². The lowest BCUT2D eigenvalue weighted by Crippen LogP contribution is -2.33. The van der Waals surface area contributed by atoms with Gasteiger partial charge in [-0.2, -0.15) is 0 Å². The fourth-order valence-corrected chi connectivity index (χ4v) is 1.98. The molecule has 1 aromatic carbocycles. The SMILES string of the molecule is O=C(NCC1CCC(C(=O)O)O1)c1ccc(F)c(F)c1. The van der Waals surface area contributed by atoms with E-state index < -0.39 is 29.6 Å². The number of halogens is 2. The average molecular weight is 285 g/mol. The molecule has 2 N–H and O–H groups in total. The quantitative estimate of drug-likeness (QED) is 0.875. The van der Waals surface area contributed by atoms with Crippen molar-refractivity contribution in [2.45, 2.75) is 25.0 Å². The standard InChI is InChI=1S/C13H13F2NO4/c14-9-3-1-7(5-10(9)15)12(17)16-6-8-2-4-11(20-8)13(18)19/h1,3,5,8,11H,2,4,6H2,(H,16,17)(H,18,19). The number of carboxylic acids is 1. The Labute approximate surface area is 113 Å². The van der Waals surface area contributed by atoms with Crippen LogP contribution < -0.4 is 5.32 Å². The zero-order chi connectivity index (χ0) is 14.7. The average Bonchev–Trinajstić information content (AvgIpc) is 2.88. The number of benzene rings is 1. The summed E-state index contributed by atoms with van der Waals surface area (Å²) in [4.78, 5) is 22.4. The molecule has 20 heavy (non-hydrogen) atoms. The summed E-state index contributed by atoms with van der Waals surface area (Å²) in [6.07, 6.45) is -0.318. The van der Waals surface area contributed by atoms with E-state index in [2.05, 4.69) is 5.32 Å². The van der Waals surface area contributed by atoms with Crippen molar-refractivity contribution in [1.29, 1.82) is 0 Å². The summed E-state index contributed by atoms with van der Waals surface area (Å²) in [5.74, 6) is -3.71.